The molecular weight excluding hydrogens is 240 g/mol. The minimum absolute atomic E-state index is 0.00712. The van der Waals surface area contributed by atoms with Crippen molar-refractivity contribution in [3.63, 3.8) is 0 Å². The van der Waals surface area contributed by atoms with Gasteiger partial charge in [0, 0.05) is 6.04 Å². The molecule has 0 saturated heterocycles. The molecule has 2 amide bonds. The van der Waals surface area contributed by atoms with Crippen molar-refractivity contribution < 1.29 is 9.53 Å². The average Bonchev–Trinajstić information content (AvgIpc) is 2.91. The lowest BCUT2D eigenvalue weighted by Crippen LogP contribution is -2.41. The topological polar surface area (TPSA) is 50.4 Å². The van der Waals surface area contributed by atoms with Crippen LogP contribution in [-0.4, -0.2) is 19.2 Å². The van der Waals surface area contributed by atoms with Gasteiger partial charge in [-0.3, -0.25) is 0 Å². The number of carbonyl (C=O) groups is 1. The van der Waals surface area contributed by atoms with Crippen molar-refractivity contribution in [2.45, 2.75) is 44.7 Å². The summed E-state index contributed by atoms with van der Waals surface area (Å²) in [6.45, 7) is 1.98. The summed E-state index contributed by atoms with van der Waals surface area (Å²) in [7, 11) is 1.64. The van der Waals surface area contributed by atoms with E-state index in [1.165, 1.54) is 12.8 Å². The Kier molecular flexibility index (Phi) is 4.66. The minimum Gasteiger partial charge on any atom is -0.497 e. The van der Waals surface area contributed by atoms with E-state index in [-0.39, 0.29) is 12.1 Å². The maximum atomic E-state index is 11.9. The lowest BCUT2D eigenvalue weighted by molar-refractivity contribution is 0.234. The molecule has 1 aromatic carbocycles. The van der Waals surface area contributed by atoms with Gasteiger partial charge in [-0.2, -0.15) is 0 Å². The first-order valence-electron chi connectivity index (χ1n) is 6.90. The van der Waals surface area contributed by atoms with E-state index < -0.39 is 0 Å². The first-order chi connectivity index (χ1) is 9.19. The van der Waals surface area contributed by atoms with Crippen LogP contribution in [0.5, 0.6) is 5.75 Å². The molecule has 0 radical (unpaired) electrons. The second kappa shape index (κ2) is 6.45. The highest BCUT2D eigenvalue weighted by molar-refractivity contribution is 5.74. The average molecular weight is 262 g/mol. The third kappa shape index (κ3) is 3.88. The summed E-state index contributed by atoms with van der Waals surface area (Å²) >= 11 is 0. The summed E-state index contributed by atoms with van der Waals surface area (Å²) < 4.78 is 5.12. The predicted octanol–water partition coefficient (Wildman–Crippen LogP) is 3.00. The molecule has 0 aliphatic heterocycles. The minimum atomic E-state index is -0.0739. The number of amides is 2. The number of carbonyl (C=O) groups excluding carboxylic acids is 1. The van der Waals surface area contributed by atoms with E-state index in [0.29, 0.717) is 6.04 Å². The van der Waals surface area contributed by atoms with Gasteiger partial charge in [0.15, 0.2) is 0 Å². The van der Waals surface area contributed by atoms with Crippen LogP contribution in [0.2, 0.25) is 0 Å². The van der Waals surface area contributed by atoms with Crippen molar-refractivity contribution in [3.05, 3.63) is 29.8 Å². The third-order valence-corrected chi connectivity index (χ3v) is 3.65. The molecule has 0 bridgehead atoms. The molecule has 19 heavy (non-hydrogen) atoms. The summed E-state index contributed by atoms with van der Waals surface area (Å²) in [4.78, 5) is 11.9. The Morgan fingerprint density at radius 1 is 1.26 bits per heavy atom. The number of benzene rings is 1. The molecule has 0 aromatic heterocycles. The number of hydrogen-bond acceptors (Lipinski definition) is 2. The molecule has 0 spiro atoms. The maximum absolute atomic E-state index is 11.9. The Balaban J connectivity index is 1.84. The molecule has 1 aliphatic carbocycles. The van der Waals surface area contributed by atoms with Crippen molar-refractivity contribution in [3.8, 4) is 5.75 Å². The highest BCUT2D eigenvalue weighted by atomic mass is 16.5. The smallest absolute Gasteiger partial charge is 0.315 e. The molecule has 1 saturated carbocycles. The normalized spacial score (nSPS) is 16.9. The van der Waals surface area contributed by atoms with Crippen LogP contribution in [-0.2, 0) is 0 Å². The largest absolute Gasteiger partial charge is 0.497 e. The molecule has 4 nitrogen and oxygen atoms in total. The SMILES string of the molecule is COc1ccc(C(C)NC(=O)NC2CCCC2)cc1. The molecule has 104 valence electrons. The first-order valence-corrected chi connectivity index (χ1v) is 6.90. The quantitative estimate of drug-likeness (QED) is 0.876. The molecule has 1 aliphatic rings. The highest BCUT2D eigenvalue weighted by Gasteiger charge is 2.18. The van der Waals surface area contributed by atoms with Crippen LogP contribution >= 0.6 is 0 Å². The zero-order valence-corrected chi connectivity index (χ0v) is 11.6. The van der Waals surface area contributed by atoms with Crippen molar-refractivity contribution in [2.75, 3.05) is 7.11 Å². The second-order valence-corrected chi connectivity index (χ2v) is 5.09. The van der Waals surface area contributed by atoms with E-state index in [2.05, 4.69) is 10.6 Å². The van der Waals surface area contributed by atoms with Gasteiger partial charge in [-0.05, 0) is 37.5 Å². The Bertz CT molecular complexity index is 411. The molecule has 2 N–H and O–H groups in total. The van der Waals surface area contributed by atoms with Gasteiger partial charge in [0.25, 0.3) is 0 Å². The standard InChI is InChI=1S/C15H22N2O2/c1-11(12-7-9-14(19-2)10-8-12)16-15(18)17-13-5-3-4-6-13/h7-11,13H,3-6H2,1-2H3,(H2,16,17,18). The monoisotopic (exact) mass is 262 g/mol. The maximum Gasteiger partial charge on any atom is 0.315 e. The third-order valence-electron chi connectivity index (χ3n) is 3.65. The molecular formula is C15H22N2O2. The summed E-state index contributed by atoms with van der Waals surface area (Å²) in [5.74, 6) is 0.825. The number of nitrogens with one attached hydrogen (secondary N) is 2. The fraction of sp³-hybridized carbons (Fsp3) is 0.533. The highest BCUT2D eigenvalue weighted by Crippen LogP contribution is 2.19. The predicted molar refractivity (Wildman–Crippen MR) is 75.3 cm³/mol. The van der Waals surface area contributed by atoms with Crippen molar-refractivity contribution in [2.24, 2.45) is 0 Å². The van der Waals surface area contributed by atoms with Crippen LogP contribution < -0.4 is 15.4 Å². The number of urea groups is 1. The second-order valence-electron chi connectivity index (χ2n) is 5.09. The van der Waals surface area contributed by atoms with E-state index in [4.69, 9.17) is 4.74 Å². The summed E-state index contributed by atoms with van der Waals surface area (Å²) in [6.07, 6.45) is 4.65. The summed E-state index contributed by atoms with van der Waals surface area (Å²) in [5.41, 5.74) is 1.07. The van der Waals surface area contributed by atoms with Crippen molar-refractivity contribution >= 4 is 6.03 Å². The lowest BCUT2D eigenvalue weighted by atomic mass is 10.1. The number of hydrogen-bond donors (Lipinski definition) is 2. The van der Waals surface area contributed by atoms with Crippen molar-refractivity contribution in [1.29, 1.82) is 0 Å². The Hall–Kier alpha value is -1.71. The van der Waals surface area contributed by atoms with Gasteiger partial charge in [-0.25, -0.2) is 4.79 Å². The Morgan fingerprint density at radius 2 is 1.89 bits per heavy atom. The molecule has 1 aromatic rings. The Labute approximate surface area is 114 Å². The fourth-order valence-corrected chi connectivity index (χ4v) is 2.47. The molecule has 0 heterocycles. The van der Waals surface area contributed by atoms with Crippen LogP contribution in [0.25, 0.3) is 0 Å². The van der Waals surface area contributed by atoms with Crippen molar-refractivity contribution in [1.82, 2.24) is 10.6 Å². The van der Waals surface area contributed by atoms with E-state index >= 15 is 0 Å². The summed E-state index contributed by atoms with van der Waals surface area (Å²) in [5, 5.41) is 6.00. The van der Waals surface area contributed by atoms with Crippen LogP contribution in [0.15, 0.2) is 24.3 Å². The van der Waals surface area contributed by atoms with Crippen LogP contribution in [0.4, 0.5) is 4.79 Å². The molecule has 1 atom stereocenters. The van der Waals surface area contributed by atoms with Gasteiger partial charge in [0.05, 0.1) is 13.2 Å². The van der Waals surface area contributed by atoms with E-state index in [1.54, 1.807) is 7.11 Å². The van der Waals surface area contributed by atoms with E-state index in [1.807, 2.05) is 31.2 Å². The number of methoxy groups -OCH3 is 1. The number of rotatable bonds is 4. The lowest BCUT2D eigenvalue weighted by Gasteiger charge is -2.18. The zero-order chi connectivity index (χ0) is 13.7. The fourth-order valence-electron chi connectivity index (χ4n) is 2.47. The van der Waals surface area contributed by atoms with Gasteiger partial charge >= 0.3 is 6.03 Å². The van der Waals surface area contributed by atoms with Gasteiger partial charge in [-0.1, -0.05) is 25.0 Å². The van der Waals surface area contributed by atoms with Gasteiger partial charge < -0.3 is 15.4 Å². The van der Waals surface area contributed by atoms with E-state index in [0.717, 1.165) is 24.2 Å². The Morgan fingerprint density at radius 3 is 2.47 bits per heavy atom. The molecule has 2 rings (SSSR count). The van der Waals surface area contributed by atoms with Gasteiger partial charge in [0.1, 0.15) is 5.75 Å². The van der Waals surface area contributed by atoms with Gasteiger partial charge in [-0.15, -0.1) is 0 Å². The zero-order valence-electron chi connectivity index (χ0n) is 11.6. The van der Waals surface area contributed by atoms with Crippen LogP contribution in [0.1, 0.15) is 44.2 Å². The van der Waals surface area contributed by atoms with Gasteiger partial charge in [0.2, 0.25) is 0 Å². The van der Waals surface area contributed by atoms with E-state index in [9.17, 15) is 4.79 Å². The first kappa shape index (κ1) is 13.7. The summed E-state index contributed by atoms with van der Waals surface area (Å²) in [6, 6.07) is 8.02. The number of ether oxygens (including phenoxy) is 1. The molecule has 1 fully saturated rings. The molecule has 1 unspecified atom stereocenters. The van der Waals surface area contributed by atoms with Crippen LogP contribution in [0, 0.1) is 0 Å². The molecule has 4 heteroatoms. The van der Waals surface area contributed by atoms with Crippen LogP contribution in [0.3, 0.4) is 0 Å².